The Bertz CT molecular complexity index is 737. The molecule has 2 unspecified atom stereocenters. The summed E-state index contributed by atoms with van der Waals surface area (Å²) in [4.78, 5) is 33.8. The average Bonchev–Trinajstić information content (AvgIpc) is 3.08. The Morgan fingerprint density at radius 3 is 1.30 bits per heavy atom. The molecule has 0 saturated carbocycles. The molecule has 1 fully saturated rings. The van der Waals surface area contributed by atoms with E-state index >= 15 is 0 Å². The molecule has 0 aliphatic carbocycles. The van der Waals surface area contributed by atoms with Crippen molar-refractivity contribution in [2.75, 3.05) is 112 Å². The zero-order chi connectivity index (χ0) is 28.0. The molecule has 0 spiro atoms. The van der Waals surface area contributed by atoms with Crippen LogP contribution in [0.4, 0.5) is 22.6 Å². The molecule has 15 nitrogen and oxygen atoms in total. The number of amides is 2. The van der Waals surface area contributed by atoms with Gasteiger partial charge in [0.1, 0.15) is 40.4 Å². The summed E-state index contributed by atoms with van der Waals surface area (Å²) in [5, 5.41) is 0. The number of rotatable bonds is 15. The van der Waals surface area contributed by atoms with Crippen LogP contribution in [0.3, 0.4) is 0 Å². The van der Waals surface area contributed by atoms with E-state index in [2.05, 4.69) is 15.0 Å². The van der Waals surface area contributed by atoms with Gasteiger partial charge >= 0.3 is 6.03 Å². The van der Waals surface area contributed by atoms with Crippen LogP contribution in [0, 0.1) is 0 Å². The summed E-state index contributed by atoms with van der Waals surface area (Å²) >= 11 is 0. The summed E-state index contributed by atoms with van der Waals surface area (Å²) in [6.07, 6.45) is 0. The van der Waals surface area contributed by atoms with Crippen LogP contribution in [-0.2, 0) is 28.4 Å². The van der Waals surface area contributed by atoms with E-state index in [4.69, 9.17) is 28.4 Å². The van der Waals surface area contributed by atoms with E-state index < -0.39 is 0 Å². The summed E-state index contributed by atoms with van der Waals surface area (Å²) in [7, 11) is 13.3. The number of carbonyl (C=O) groups excluding carboxylic acids is 1. The second-order valence-electron chi connectivity index (χ2n) is 8.38. The minimum Gasteiger partial charge on any atom is -0.364 e. The summed E-state index contributed by atoms with van der Waals surface area (Å²) in [6, 6.07) is 0.309. The van der Waals surface area contributed by atoms with E-state index in [1.165, 1.54) is 0 Å². The normalized spacial score (nSPS) is 17.1. The molecule has 2 heterocycles. The fourth-order valence-electron chi connectivity index (χ4n) is 3.45. The SMILES string of the molecule is COCN(C)c1nc(N(C)COC)nc(N(COC)COC)n1.COCN1C(=O)N(COC)C(C)C1C. The summed E-state index contributed by atoms with van der Waals surface area (Å²) < 4.78 is 30.6. The van der Waals surface area contributed by atoms with E-state index in [-0.39, 0.29) is 18.1 Å². The third-order valence-corrected chi connectivity index (χ3v) is 5.49. The van der Waals surface area contributed by atoms with Crippen LogP contribution >= 0.6 is 0 Å². The van der Waals surface area contributed by atoms with Gasteiger partial charge in [-0.3, -0.25) is 14.7 Å². The first-order valence-electron chi connectivity index (χ1n) is 11.6. The van der Waals surface area contributed by atoms with Crippen LogP contribution in [0.25, 0.3) is 0 Å². The number of urea groups is 1. The van der Waals surface area contributed by atoms with Gasteiger partial charge in [0.15, 0.2) is 0 Å². The van der Waals surface area contributed by atoms with Crippen molar-refractivity contribution in [2.45, 2.75) is 25.9 Å². The zero-order valence-corrected chi connectivity index (χ0v) is 23.8. The maximum absolute atomic E-state index is 11.8. The number of anilines is 3. The van der Waals surface area contributed by atoms with Crippen molar-refractivity contribution in [3.8, 4) is 0 Å². The van der Waals surface area contributed by atoms with Gasteiger partial charge in [0.05, 0.1) is 12.1 Å². The standard InChI is InChI=1S/C13H26N6O4.C9H18N2O3/c1-17(7-20-3)11-14-12(18(2)8-21-4)16-13(15-11)19(9-22-5)10-23-6;1-7-8(2)11(6-14-4)9(12)10(7)5-13-3/h7-10H2,1-6H3;7-8H,5-6H2,1-4H3. The van der Waals surface area contributed by atoms with Crippen LogP contribution in [0.2, 0.25) is 0 Å². The van der Waals surface area contributed by atoms with Crippen molar-refractivity contribution in [1.82, 2.24) is 24.8 Å². The lowest BCUT2D eigenvalue weighted by Gasteiger charge is -2.25. The summed E-state index contributed by atoms with van der Waals surface area (Å²) in [6.45, 7) is 5.98. The molecule has 0 aromatic carbocycles. The fourth-order valence-corrected chi connectivity index (χ4v) is 3.45. The molecule has 1 aromatic heterocycles. The monoisotopic (exact) mass is 532 g/mol. The highest BCUT2D eigenvalue weighted by Crippen LogP contribution is 2.22. The van der Waals surface area contributed by atoms with E-state index in [1.807, 2.05) is 27.9 Å². The quantitative estimate of drug-likeness (QED) is 0.294. The molecule has 0 N–H and O–H groups in total. The van der Waals surface area contributed by atoms with Gasteiger partial charge in [-0.1, -0.05) is 0 Å². The van der Waals surface area contributed by atoms with Crippen LogP contribution in [0.5, 0.6) is 0 Å². The minimum absolute atomic E-state index is 0.0197. The summed E-state index contributed by atoms with van der Waals surface area (Å²) in [5.41, 5.74) is 0. The molecule has 1 aromatic rings. The smallest absolute Gasteiger partial charge is 0.324 e. The number of aromatic nitrogens is 3. The Morgan fingerprint density at radius 1 is 0.622 bits per heavy atom. The number of hydrogen-bond acceptors (Lipinski definition) is 13. The molecule has 1 saturated heterocycles. The molecule has 214 valence electrons. The van der Waals surface area contributed by atoms with Gasteiger partial charge < -0.3 is 38.2 Å². The second kappa shape index (κ2) is 17.0. The Hall–Kier alpha value is -2.56. The number of carbonyl (C=O) groups is 1. The van der Waals surface area contributed by atoms with E-state index in [9.17, 15) is 4.79 Å². The third kappa shape index (κ3) is 9.36. The molecule has 0 bridgehead atoms. The van der Waals surface area contributed by atoms with Crippen molar-refractivity contribution >= 4 is 23.9 Å². The number of methoxy groups -OCH3 is 6. The molecule has 37 heavy (non-hydrogen) atoms. The highest BCUT2D eigenvalue weighted by atomic mass is 16.5. The zero-order valence-electron chi connectivity index (χ0n) is 23.8. The lowest BCUT2D eigenvalue weighted by molar-refractivity contribution is 0.0671. The molecule has 2 amide bonds. The maximum atomic E-state index is 11.8. The Labute approximate surface area is 220 Å². The second-order valence-corrected chi connectivity index (χ2v) is 8.38. The maximum Gasteiger partial charge on any atom is 0.324 e. The Balaban J connectivity index is 0.000000417. The predicted octanol–water partition coefficient (Wildman–Crippen LogP) is 0.675. The highest BCUT2D eigenvalue weighted by Gasteiger charge is 2.40. The average molecular weight is 533 g/mol. The molecular weight excluding hydrogens is 488 g/mol. The Morgan fingerprint density at radius 2 is 0.973 bits per heavy atom. The molecular formula is C22H44N8O7. The minimum atomic E-state index is -0.0197. The molecule has 1 aliphatic heterocycles. The van der Waals surface area contributed by atoms with Crippen molar-refractivity contribution in [3.05, 3.63) is 0 Å². The van der Waals surface area contributed by atoms with Gasteiger partial charge in [-0.2, -0.15) is 15.0 Å². The topological polar surface area (TPSA) is 127 Å². The van der Waals surface area contributed by atoms with Gasteiger partial charge in [0.2, 0.25) is 17.8 Å². The van der Waals surface area contributed by atoms with Crippen molar-refractivity contribution in [3.63, 3.8) is 0 Å². The van der Waals surface area contributed by atoms with E-state index in [1.54, 1.807) is 67.2 Å². The van der Waals surface area contributed by atoms with Crippen molar-refractivity contribution < 1.29 is 33.2 Å². The number of nitrogens with zero attached hydrogens (tertiary/aromatic N) is 8. The van der Waals surface area contributed by atoms with E-state index in [0.29, 0.717) is 58.2 Å². The first kappa shape index (κ1) is 32.5. The van der Waals surface area contributed by atoms with Gasteiger partial charge in [-0.15, -0.1) is 0 Å². The van der Waals surface area contributed by atoms with Crippen molar-refractivity contribution in [2.24, 2.45) is 0 Å². The predicted molar refractivity (Wildman–Crippen MR) is 138 cm³/mol. The first-order valence-corrected chi connectivity index (χ1v) is 11.6. The number of ether oxygens (including phenoxy) is 6. The Kier molecular flexibility index (Phi) is 15.0. The molecule has 0 radical (unpaired) electrons. The van der Waals surface area contributed by atoms with Gasteiger partial charge in [-0.05, 0) is 13.8 Å². The van der Waals surface area contributed by atoms with Crippen LogP contribution in [-0.4, -0.2) is 140 Å². The molecule has 2 rings (SSSR count). The van der Waals surface area contributed by atoms with Gasteiger partial charge in [0.25, 0.3) is 0 Å². The lowest BCUT2D eigenvalue weighted by Crippen LogP contribution is -2.36. The largest absolute Gasteiger partial charge is 0.364 e. The first-order chi connectivity index (χ1) is 17.7. The van der Waals surface area contributed by atoms with Crippen molar-refractivity contribution in [1.29, 1.82) is 0 Å². The highest BCUT2D eigenvalue weighted by molar-refractivity contribution is 5.77. The van der Waals surface area contributed by atoms with Crippen LogP contribution < -0.4 is 14.7 Å². The summed E-state index contributed by atoms with van der Waals surface area (Å²) in [5.74, 6) is 1.40. The number of hydrogen-bond donors (Lipinski definition) is 0. The fraction of sp³-hybridized carbons (Fsp3) is 0.818. The van der Waals surface area contributed by atoms with Gasteiger partial charge in [0, 0.05) is 56.8 Å². The lowest BCUT2D eigenvalue weighted by atomic mass is 10.2. The molecule has 1 aliphatic rings. The molecule has 15 heteroatoms. The van der Waals surface area contributed by atoms with Crippen LogP contribution in [0.1, 0.15) is 13.8 Å². The van der Waals surface area contributed by atoms with E-state index in [0.717, 1.165) is 0 Å². The third-order valence-electron chi connectivity index (χ3n) is 5.49. The molecule has 2 atom stereocenters. The van der Waals surface area contributed by atoms with Gasteiger partial charge in [-0.25, -0.2) is 4.79 Å². The van der Waals surface area contributed by atoms with Crippen LogP contribution in [0.15, 0.2) is 0 Å².